The van der Waals surface area contributed by atoms with Crippen LogP contribution in [0.5, 0.6) is 0 Å². The number of benzene rings is 3. The number of nitrogens with one attached hydrogen (secondary N) is 1. The van der Waals surface area contributed by atoms with Gasteiger partial charge < -0.3 is 10.2 Å². The van der Waals surface area contributed by atoms with Gasteiger partial charge in [0.05, 0.1) is 10.6 Å². The number of carbonyl (C=O) groups is 2. The molecule has 0 heterocycles. The van der Waals surface area contributed by atoms with E-state index in [0.717, 1.165) is 39.4 Å². The first-order valence-corrected chi connectivity index (χ1v) is 14.8. The van der Waals surface area contributed by atoms with Gasteiger partial charge in [0.15, 0.2) is 0 Å². The largest absolute Gasteiger partial charge is 0.354 e. The molecule has 1 atom stereocenters. The molecule has 3 aromatic rings. The van der Waals surface area contributed by atoms with E-state index >= 15 is 0 Å². The molecule has 1 N–H and O–H groups in total. The summed E-state index contributed by atoms with van der Waals surface area (Å²) in [6.45, 7) is 9.69. The summed E-state index contributed by atoms with van der Waals surface area (Å²) in [6, 6.07) is 20.4. The number of nitrogens with zero attached hydrogens (tertiary/aromatic N) is 2. The lowest BCUT2D eigenvalue weighted by atomic mass is 10.1. The lowest BCUT2D eigenvalue weighted by molar-refractivity contribution is -0.139. The summed E-state index contributed by atoms with van der Waals surface area (Å²) < 4.78 is 29.0. The SMILES string of the molecule is CCCCNC(=O)[C@H](C)N(Cc1ccc(C)cc1)C(=O)CN(c1cccc(C)c1C)S(=O)(=O)c1ccccc1. The van der Waals surface area contributed by atoms with Crippen molar-refractivity contribution in [2.75, 3.05) is 17.4 Å². The van der Waals surface area contributed by atoms with Crippen molar-refractivity contribution in [3.05, 3.63) is 95.1 Å². The van der Waals surface area contributed by atoms with Crippen molar-refractivity contribution in [3.63, 3.8) is 0 Å². The van der Waals surface area contributed by atoms with Crippen LogP contribution in [0.1, 0.15) is 48.9 Å². The Bertz CT molecular complexity index is 1370. The van der Waals surface area contributed by atoms with Gasteiger partial charge in [-0.3, -0.25) is 13.9 Å². The van der Waals surface area contributed by atoms with Crippen molar-refractivity contribution in [3.8, 4) is 0 Å². The number of rotatable bonds is 12. The first-order chi connectivity index (χ1) is 18.6. The van der Waals surface area contributed by atoms with E-state index in [-0.39, 0.29) is 17.3 Å². The minimum Gasteiger partial charge on any atom is -0.354 e. The normalized spacial score (nSPS) is 12.0. The molecule has 0 unspecified atom stereocenters. The Hall–Kier alpha value is -3.65. The van der Waals surface area contributed by atoms with Crippen LogP contribution in [0.4, 0.5) is 5.69 Å². The Kier molecular flexibility index (Phi) is 10.3. The van der Waals surface area contributed by atoms with Crippen LogP contribution in [0.3, 0.4) is 0 Å². The van der Waals surface area contributed by atoms with Gasteiger partial charge >= 0.3 is 0 Å². The van der Waals surface area contributed by atoms with E-state index in [2.05, 4.69) is 5.32 Å². The fourth-order valence-corrected chi connectivity index (χ4v) is 5.74. The molecule has 208 valence electrons. The average molecular weight is 550 g/mol. The summed E-state index contributed by atoms with van der Waals surface area (Å²) in [5.41, 5.74) is 4.04. The van der Waals surface area contributed by atoms with Crippen molar-refractivity contribution in [1.82, 2.24) is 10.2 Å². The van der Waals surface area contributed by atoms with Crippen molar-refractivity contribution in [2.45, 2.75) is 64.9 Å². The number of carbonyl (C=O) groups excluding carboxylic acids is 2. The number of amides is 2. The molecule has 0 aliphatic heterocycles. The smallest absolute Gasteiger partial charge is 0.264 e. The Labute approximate surface area is 232 Å². The van der Waals surface area contributed by atoms with Crippen molar-refractivity contribution < 1.29 is 18.0 Å². The summed E-state index contributed by atoms with van der Waals surface area (Å²) >= 11 is 0. The van der Waals surface area contributed by atoms with E-state index in [4.69, 9.17) is 0 Å². The maximum Gasteiger partial charge on any atom is 0.264 e. The highest BCUT2D eigenvalue weighted by molar-refractivity contribution is 7.92. The molecule has 0 fully saturated rings. The highest BCUT2D eigenvalue weighted by Gasteiger charge is 2.33. The number of unbranched alkanes of at least 4 members (excludes halogenated alkanes) is 1. The third-order valence-corrected chi connectivity index (χ3v) is 8.70. The van der Waals surface area contributed by atoms with E-state index < -0.39 is 28.5 Å². The molecule has 0 aliphatic rings. The molecule has 8 heteroatoms. The van der Waals surface area contributed by atoms with Gasteiger partial charge in [-0.05, 0) is 69.0 Å². The molecule has 2 amide bonds. The highest BCUT2D eigenvalue weighted by Crippen LogP contribution is 2.29. The van der Waals surface area contributed by atoms with Crippen LogP contribution in [0.15, 0.2) is 77.7 Å². The van der Waals surface area contributed by atoms with Crippen LogP contribution in [-0.4, -0.2) is 44.3 Å². The van der Waals surface area contributed by atoms with Gasteiger partial charge in [-0.25, -0.2) is 8.42 Å². The highest BCUT2D eigenvalue weighted by atomic mass is 32.2. The topological polar surface area (TPSA) is 86.8 Å². The quantitative estimate of drug-likeness (QED) is 0.317. The van der Waals surface area contributed by atoms with E-state index in [1.165, 1.54) is 17.0 Å². The Morgan fingerprint density at radius 2 is 1.56 bits per heavy atom. The first kappa shape index (κ1) is 29.9. The maximum atomic E-state index is 14.0. The van der Waals surface area contributed by atoms with Gasteiger partial charge in [-0.1, -0.05) is 73.5 Å². The van der Waals surface area contributed by atoms with Crippen molar-refractivity contribution >= 4 is 27.5 Å². The third kappa shape index (κ3) is 7.47. The Morgan fingerprint density at radius 3 is 2.21 bits per heavy atom. The molecule has 0 saturated heterocycles. The number of hydrogen-bond donors (Lipinski definition) is 1. The second-order valence-electron chi connectivity index (χ2n) is 9.87. The zero-order valence-electron chi connectivity index (χ0n) is 23.5. The molecule has 0 aromatic heterocycles. The lowest BCUT2D eigenvalue weighted by Gasteiger charge is -2.32. The predicted molar refractivity (Wildman–Crippen MR) is 156 cm³/mol. The van der Waals surface area contributed by atoms with E-state index in [9.17, 15) is 18.0 Å². The van der Waals surface area contributed by atoms with Crippen LogP contribution in [0, 0.1) is 20.8 Å². The second-order valence-corrected chi connectivity index (χ2v) is 11.7. The summed E-state index contributed by atoms with van der Waals surface area (Å²) in [4.78, 5) is 28.6. The molecule has 7 nitrogen and oxygen atoms in total. The van der Waals surface area contributed by atoms with Gasteiger partial charge in [-0.2, -0.15) is 0 Å². The van der Waals surface area contributed by atoms with Crippen LogP contribution in [0.25, 0.3) is 0 Å². The molecule has 3 rings (SSSR count). The van der Waals surface area contributed by atoms with Crippen molar-refractivity contribution in [2.24, 2.45) is 0 Å². The third-order valence-electron chi connectivity index (χ3n) is 6.93. The number of hydrogen-bond acceptors (Lipinski definition) is 4. The van der Waals surface area contributed by atoms with Gasteiger partial charge in [0.1, 0.15) is 12.6 Å². The molecule has 0 saturated carbocycles. The molecular formula is C31H39N3O4S. The van der Waals surface area contributed by atoms with Crippen molar-refractivity contribution in [1.29, 1.82) is 0 Å². The minimum absolute atomic E-state index is 0.0918. The second kappa shape index (κ2) is 13.4. The molecule has 0 spiro atoms. The fraction of sp³-hybridized carbons (Fsp3) is 0.355. The van der Waals surface area contributed by atoms with Crippen LogP contribution in [-0.2, 0) is 26.2 Å². The van der Waals surface area contributed by atoms with Gasteiger partial charge in [0.25, 0.3) is 10.0 Å². The molecule has 0 radical (unpaired) electrons. The number of aryl methyl sites for hydroxylation is 2. The molecular weight excluding hydrogens is 510 g/mol. The van der Waals surface area contributed by atoms with Crippen LogP contribution >= 0.6 is 0 Å². The predicted octanol–water partition coefficient (Wildman–Crippen LogP) is 5.14. The Morgan fingerprint density at radius 1 is 0.897 bits per heavy atom. The molecule has 0 aliphatic carbocycles. The summed E-state index contributed by atoms with van der Waals surface area (Å²) in [5, 5.41) is 2.91. The monoisotopic (exact) mass is 549 g/mol. The van der Waals surface area contributed by atoms with E-state index in [1.54, 1.807) is 37.3 Å². The fourth-order valence-electron chi connectivity index (χ4n) is 4.25. The summed E-state index contributed by atoms with van der Waals surface area (Å²) in [6.07, 6.45) is 1.77. The Balaban J connectivity index is 2.02. The summed E-state index contributed by atoms with van der Waals surface area (Å²) in [7, 11) is -4.08. The number of anilines is 1. The van der Waals surface area contributed by atoms with Gasteiger partial charge in [0, 0.05) is 13.1 Å². The van der Waals surface area contributed by atoms with Crippen LogP contribution in [0.2, 0.25) is 0 Å². The lowest BCUT2D eigenvalue weighted by Crippen LogP contribution is -2.51. The summed E-state index contributed by atoms with van der Waals surface area (Å²) in [5.74, 6) is -0.734. The van der Waals surface area contributed by atoms with E-state index in [0.29, 0.717) is 12.2 Å². The van der Waals surface area contributed by atoms with Crippen LogP contribution < -0.4 is 9.62 Å². The molecule has 39 heavy (non-hydrogen) atoms. The zero-order valence-corrected chi connectivity index (χ0v) is 24.3. The average Bonchev–Trinajstić information content (AvgIpc) is 2.93. The standard InChI is InChI=1S/C31H39N3O4S/c1-6-7-20-32-31(36)26(5)33(21-27-18-16-23(2)17-19-27)30(35)22-34(29-15-11-12-24(3)25(29)4)39(37,38)28-13-9-8-10-14-28/h8-19,26H,6-7,20-22H2,1-5H3,(H,32,36)/t26-/m0/s1. The molecule has 3 aromatic carbocycles. The van der Waals surface area contributed by atoms with Gasteiger partial charge in [-0.15, -0.1) is 0 Å². The van der Waals surface area contributed by atoms with Gasteiger partial charge in [0.2, 0.25) is 11.8 Å². The first-order valence-electron chi connectivity index (χ1n) is 13.3. The maximum absolute atomic E-state index is 14.0. The number of sulfonamides is 1. The zero-order chi connectivity index (χ0) is 28.6. The minimum atomic E-state index is -4.08. The van der Waals surface area contributed by atoms with E-state index in [1.807, 2.05) is 58.0 Å². The molecule has 0 bridgehead atoms.